The Labute approximate surface area is 196 Å². The van der Waals surface area contributed by atoms with Crippen LogP contribution in [0.25, 0.3) is 0 Å². The van der Waals surface area contributed by atoms with Crippen LogP contribution in [0.15, 0.2) is 30.3 Å². The number of aliphatic hydroxyl groups is 1. The normalized spacial score (nSPS) is 22.6. The van der Waals surface area contributed by atoms with Crippen molar-refractivity contribution in [3.63, 3.8) is 0 Å². The third-order valence-electron chi connectivity index (χ3n) is 7.08. The molecule has 0 spiro atoms. The Hall–Kier alpha value is -2.25. The number of benzene rings is 1. The highest BCUT2D eigenvalue weighted by atomic mass is 16.4. The van der Waals surface area contributed by atoms with Crippen LogP contribution in [0.4, 0.5) is 0 Å². The van der Waals surface area contributed by atoms with Gasteiger partial charge in [0.25, 0.3) is 0 Å². The van der Waals surface area contributed by atoms with Crippen molar-refractivity contribution in [1.82, 2.24) is 10.4 Å². The molecule has 1 saturated heterocycles. The van der Waals surface area contributed by atoms with Crippen LogP contribution in [-0.4, -0.2) is 51.6 Å². The number of carbonyl (C=O) groups is 3. The number of hydrogen-bond donors (Lipinski definition) is 3. The summed E-state index contributed by atoms with van der Waals surface area (Å²) in [5.41, 5.74) is 4.09. The zero-order chi connectivity index (χ0) is 23.6. The third-order valence-corrected chi connectivity index (χ3v) is 7.08. The number of carboxylic acids is 1. The molecule has 1 aromatic carbocycles. The van der Waals surface area contributed by atoms with Crippen molar-refractivity contribution in [2.75, 3.05) is 6.54 Å². The smallest absolute Gasteiger partial charge is 0.303 e. The number of aliphatic hydroxyl groups excluding tert-OH is 1. The third kappa shape index (κ3) is 7.37. The molecule has 0 radical (unpaired) electrons. The summed E-state index contributed by atoms with van der Waals surface area (Å²) in [5, 5.41) is 20.9. The topological polar surface area (TPSA) is 107 Å². The van der Waals surface area contributed by atoms with Gasteiger partial charge in [-0.3, -0.25) is 19.4 Å². The van der Waals surface area contributed by atoms with Crippen LogP contribution in [0, 0.1) is 11.8 Å². The van der Waals surface area contributed by atoms with E-state index in [0.29, 0.717) is 19.3 Å². The molecule has 1 aromatic rings. The second-order valence-corrected chi connectivity index (χ2v) is 9.54. The molecule has 1 saturated carbocycles. The Morgan fingerprint density at radius 3 is 2.42 bits per heavy atom. The number of carboxylic acid groups (broad SMARTS) is 1. The maximum atomic E-state index is 13.2. The van der Waals surface area contributed by atoms with Gasteiger partial charge < -0.3 is 10.2 Å². The summed E-state index contributed by atoms with van der Waals surface area (Å²) in [7, 11) is 0. The molecule has 2 fully saturated rings. The number of carbonyl (C=O) groups excluding carboxylic acids is 2. The number of hydrogen-bond acceptors (Lipinski definition) is 5. The zero-order valence-electron chi connectivity index (χ0n) is 19.5. The molecular formula is C26H38N2O5. The fraction of sp³-hybridized carbons (Fsp3) is 0.654. The van der Waals surface area contributed by atoms with Crippen LogP contribution in [0.1, 0.15) is 76.2 Å². The predicted molar refractivity (Wildman–Crippen MR) is 125 cm³/mol. The fourth-order valence-electron chi connectivity index (χ4n) is 5.14. The minimum atomic E-state index is -0.790. The number of Topliss-reactive ketones (excluding diaryl/α,β-unsaturated/α-hetero) is 1. The molecule has 7 nitrogen and oxygen atoms in total. The van der Waals surface area contributed by atoms with Crippen molar-refractivity contribution in [2.24, 2.45) is 11.8 Å². The summed E-state index contributed by atoms with van der Waals surface area (Å²) >= 11 is 0. The molecule has 2 aliphatic rings. The SMILES string of the molecule is O=C(O)CCCCCCC1C(=O)C(Cc2ccccc2)C(=O)N1NCC(O)C1CCCCC1. The van der Waals surface area contributed by atoms with Gasteiger partial charge in [-0.1, -0.05) is 68.9 Å². The summed E-state index contributed by atoms with van der Waals surface area (Å²) in [6.45, 7) is 0.275. The second-order valence-electron chi connectivity index (χ2n) is 9.54. The molecule has 3 unspecified atom stereocenters. The summed E-state index contributed by atoms with van der Waals surface area (Å²) in [5.74, 6) is -1.52. The first-order valence-corrected chi connectivity index (χ1v) is 12.5. The molecule has 7 heteroatoms. The van der Waals surface area contributed by atoms with E-state index in [1.165, 1.54) is 11.4 Å². The first-order valence-electron chi connectivity index (χ1n) is 12.5. The van der Waals surface area contributed by atoms with Gasteiger partial charge in [0.15, 0.2) is 5.78 Å². The second kappa shape index (κ2) is 12.8. The van der Waals surface area contributed by atoms with Crippen LogP contribution in [0.2, 0.25) is 0 Å². The Morgan fingerprint density at radius 1 is 1.03 bits per heavy atom. The van der Waals surface area contributed by atoms with E-state index in [1.807, 2.05) is 30.3 Å². The van der Waals surface area contributed by atoms with Crippen LogP contribution in [0.3, 0.4) is 0 Å². The first kappa shape index (κ1) is 25.4. The Kier molecular flexibility index (Phi) is 9.88. The molecule has 3 atom stereocenters. The Bertz CT molecular complexity index is 778. The van der Waals surface area contributed by atoms with E-state index in [2.05, 4.69) is 5.43 Å². The molecular weight excluding hydrogens is 420 g/mol. The lowest BCUT2D eigenvalue weighted by atomic mass is 9.85. The Morgan fingerprint density at radius 2 is 1.73 bits per heavy atom. The lowest BCUT2D eigenvalue weighted by Gasteiger charge is -2.30. The van der Waals surface area contributed by atoms with E-state index in [9.17, 15) is 19.5 Å². The average Bonchev–Trinajstić information content (AvgIpc) is 3.04. The predicted octanol–water partition coefficient (Wildman–Crippen LogP) is 3.50. The highest BCUT2D eigenvalue weighted by molar-refractivity contribution is 6.10. The largest absolute Gasteiger partial charge is 0.481 e. The number of amides is 1. The van der Waals surface area contributed by atoms with Crippen molar-refractivity contribution in [1.29, 1.82) is 0 Å². The molecule has 1 aliphatic carbocycles. The van der Waals surface area contributed by atoms with E-state index < -0.39 is 24.0 Å². The fourth-order valence-corrected chi connectivity index (χ4v) is 5.14. The Balaban J connectivity index is 1.60. The van der Waals surface area contributed by atoms with Gasteiger partial charge in [0.1, 0.15) is 12.0 Å². The van der Waals surface area contributed by atoms with Gasteiger partial charge in [0.05, 0.1) is 6.10 Å². The highest BCUT2D eigenvalue weighted by Gasteiger charge is 2.46. The van der Waals surface area contributed by atoms with E-state index >= 15 is 0 Å². The molecule has 3 rings (SSSR count). The van der Waals surface area contributed by atoms with Gasteiger partial charge in [-0.2, -0.15) is 0 Å². The van der Waals surface area contributed by atoms with Crippen molar-refractivity contribution >= 4 is 17.7 Å². The number of aliphatic carboxylic acids is 1. The minimum Gasteiger partial charge on any atom is -0.481 e. The van der Waals surface area contributed by atoms with Crippen LogP contribution in [-0.2, 0) is 20.8 Å². The summed E-state index contributed by atoms with van der Waals surface area (Å²) in [4.78, 5) is 37.1. The van der Waals surface area contributed by atoms with Crippen molar-refractivity contribution < 1.29 is 24.6 Å². The monoisotopic (exact) mass is 458 g/mol. The number of rotatable bonds is 13. The summed E-state index contributed by atoms with van der Waals surface area (Å²) < 4.78 is 0. The number of nitrogens with one attached hydrogen (secondary N) is 1. The van der Waals surface area contributed by atoms with Crippen LogP contribution in [0.5, 0.6) is 0 Å². The number of ketones is 1. The molecule has 1 amide bonds. The lowest BCUT2D eigenvalue weighted by Crippen LogP contribution is -2.50. The molecule has 3 N–H and O–H groups in total. The quantitative estimate of drug-likeness (QED) is 0.309. The molecule has 182 valence electrons. The van der Waals surface area contributed by atoms with E-state index in [-0.39, 0.29) is 30.6 Å². The van der Waals surface area contributed by atoms with E-state index in [0.717, 1.165) is 50.5 Å². The maximum absolute atomic E-state index is 13.2. The van der Waals surface area contributed by atoms with Gasteiger partial charge >= 0.3 is 5.97 Å². The van der Waals surface area contributed by atoms with Gasteiger partial charge in [-0.25, -0.2) is 5.43 Å². The highest BCUT2D eigenvalue weighted by Crippen LogP contribution is 2.29. The van der Waals surface area contributed by atoms with Crippen LogP contribution < -0.4 is 5.43 Å². The number of nitrogens with zero attached hydrogens (tertiary/aromatic N) is 1. The standard InChI is InChI=1S/C26H38N2O5/c29-23(20-13-7-4-8-14-20)18-27-28-22(15-9-1-2-10-16-24(30)31)25(32)21(26(28)33)17-19-11-5-3-6-12-19/h3,5-6,11-12,20-23,27,29H,1-2,4,7-10,13-18H2,(H,30,31). The van der Waals surface area contributed by atoms with Gasteiger partial charge in [-0.05, 0) is 43.6 Å². The molecule has 33 heavy (non-hydrogen) atoms. The molecule has 1 aliphatic heterocycles. The van der Waals surface area contributed by atoms with E-state index in [1.54, 1.807) is 0 Å². The first-order chi connectivity index (χ1) is 16.0. The van der Waals surface area contributed by atoms with Crippen molar-refractivity contribution in [2.45, 2.75) is 89.2 Å². The van der Waals surface area contributed by atoms with Gasteiger partial charge in [0.2, 0.25) is 5.91 Å². The van der Waals surface area contributed by atoms with Crippen molar-refractivity contribution in [3.8, 4) is 0 Å². The summed E-state index contributed by atoms with van der Waals surface area (Å²) in [6, 6.07) is 9.05. The minimum absolute atomic E-state index is 0.0611. The van der Waals surface area contributed by atoms with Crippen LogP contribution >= 0.6 is 0 Å². The molecule has 1 heterocycles. The lowest BCUT2D eigenvalue weighted by molar-refractivity contribution is -0.137. The van der Waals surface area contributed by atoms with E-state index in [4.69, 9.17) is 5.11 Å². The number of hydrazine groups is 1. The van der Waals surface area contributed by atoms with Gasteiger partial charge in [-0.15, -0.1) is 0 Å². The van der Waals surface area contributed by atoms with Gasteiger partial charge in [0, 0.05) is 13.0 Å². The average molecular weight is 459 g/mol. The number of unbranched alkanes of at least 4 members (excludes halogenated alkanes) is 3. The molecule has 0 bridgehead atoms. The molecule has 0 aromatic heterocycles. The zero-order valence-corrected chi connectivity index (χ0v) is 19.5. The maximum Gasteiger partial charge on any atom is 0.303 e. The van der Waals surface area contributed by atoms with Crippen molar-refractivity contribution in [3.05, 3.63) is 35.9 Å². The summed E-state index contributed by atoms with van der Waals surface area (Å²) in [6.07, 6.45) is 9.05.